The van der Waals surface area contributed by atoms with Crippen LogP contribution in [0.3, 0.4) is 0 Å². The summed E-state index contributed by atoms with van der Waals surface area (Å²) in [6.45, 7) is 6.41. The molecule has 0 radical (unpaired) electrons. The summed E-state index contributed by atoms with van der Waals surface area (Å²) >= 11 is 6.32. The monoisotopic (exact) mass is 415 g/mol. The topological polar surface area (TPSA) is 61.8 Å². The lowest BCUT2D eigenvalue weighted by molar-refractivity contribution is 0.414. The highest BCUT2D eigenvalue weighted by Crippen LogP contribution is 2.22. The molecule has 0 saturated carbocycles. The molecule has 0 spiro atoms. The second-order valence-corrected chi connectivity index (χ2v) is 7.46. The van der Waals surface area contributed by atoms with Gasteiger partial charge in [0.05, 0.1) is 13.7 Å². The zero-order chi connectivity index (χ0) is 20.5. The Morgan fingerprint density at radius 2 is 2.03 bits per heavy atom. The number of hydrogen-bond donors (Lipinski definition) is 2. The highest BCUT2D eigenvalue weighted by molar-refractivity contribution is 6.31. The maximum Gasteiger partial charge on any atom is 0.191 e. The molecule has 3 rings (SSSR count). The molecular formula is C22H30ClN5O. The van der Waals surface area contributed by atoms with Gasteiger partial charge in [-0.05, 0) is 55.5 Å². The molecule has 0 bridgehead atoms. The van der Waals surface area contributed by atoms with E-state index in [0.29, 0.717) is 6.54 Å². The van der Waals surface area contributed by atoms with E-state index in [2.05, 4.69) is 44.6 Å². The van der Waals surface area contributed by atoms with Gasteiger partial charge in [0.15, 0.2) is 5.96 Å². The molecule has 0 amide bonds. The molecule has 156 valence electrons. The van der Waals surface area contributed by atoms with Crippen LogP contribution in [0.4, 0.5) is 5.82 Å². The minimum Gasteiger partial charge on any atom is -0.497 e. The van der Waals surface area contributed by atoms with Crippen LogP contribution in [-0.4, -0.2) is 44.2 Å². The zero-order valence-electron chi connectivity index (χ0n) is 17.2. The lowest BCUT2D eigenvalue weighted by Crippen LogP contribution is -2.38. The van der Waals surface area contributed by atoms with Gasteiger partial charge in [-0.2, -0.15) is 0 Å². The van der Waals surface area contributed by atoms with E-state index in [1.807, 2.05) is 24.4 Å². The van der Waals surface area contributed by atoms with E-state index < -0.39 is 0 Å². The molecular weight excluding hydrogens is 386 g/mol. The molecule has 0 aliphatic carbocycles. The fraction of sp³-hybridized carbons (Fsp3) is 0.455. The number of benzene rings is 1. The second kappa shape index (κ2) is 10.9. The third-order valence-corrected chi connectivity index (χ3v) is 5.30. The Hall–Kier alpha value is -2.47. The van der Waals surface area contributed by atoms with Gasteiger partial charge in [0.1, 0.15) is 11.6 Å². The lowest BCUT2D eigenvalue weighted by atomic mass is 10.1. The number of rotatable bonds is 8. The van der Waals surface area contributed by atoms with Crippen LogP contribution in [0, 0.1) is 0 Å². The number of methoxy groups -OCH3 is 1. The average molecular weight is 416 g/mol. The van der Waals surface area contributed by atoms with Crippen molar-refractivity contribution >= 4 is 23.4 Å². The summed E-state index contributed by atoms with van der Waals surface area (Å²) in [5.41, 5.74) is 2.18. The average Bonchev–Trinajstić information content (AvgIpc) is 3.28. The van der Waals surface area contributed by atoms with Gasteiger partial charge in [0.2, 0.25) is 0 Å². The Balaban J connectivity index is 1.52. The number of pyridine rings is 1. The highest BCUT2D eigenvalue weighted by atomic mass is 35.5. The lowest BCUT2D eigenvalue weighted by Gasteiger charge is -2.16. The largest absolute Gasteiger partial charge is 0.497 e. The maximum absolute atomic E-state index is 6.32. The Labute approximate surface area is 178 Å². The highest BCUT2D eigenvalue weighted by Gasteiger charge is 2.12. The summed E-state index contributed by atoms with van der Waals surface area (Å²) in [5.74, 6) is 2.63. The third-order valence-electron chi connectivity index (χ3n) is 4.95. The van der Waals surface area contributed by atoms with Gasteiger partial charge in [0, 0.05) is 37.4 Å². The van der Waals surface area contributed by atoms with Gasteiger partial charge in [-0.1, -0.05) is 23.7 Å². The molecule has 2 heterocycles. The first-order valence-corrected chi connectivity index (χ1v) is 10.6. The molecule has 0 atom stereocenters. The van der Waals surface area contributed by atoms with Crippen LogP contribution in [0.5, 0.6) is 5.75 Å². The SMILES string of the molecule is CCNC(=NCc1ccc(N2CCCC2)nc1)NCCc1ccc(OC)cc1Cl. The van der Waals surface area contributed by atoms with E-state index in [0.717, 1.165) is 66.3 Å². The van der Waals surface area contributed by atoms with Crippen molar-refractivity contribution in [2.45, 2.75) is 32.7 Å². The minimum absolute atomic E-state index is 0.589. The third kappa shape index (κ3) is 6.26. The molecule has 1 aromatic carbocycles. The molecule has 1 aliphatic heterocycles. The van der Waals surface area contributed by atoms with Crippen molar-refractivity contribution in [1.29, 1.82) is 0 Å². The summed E-state index contributed by atoms with van der Waals surface area (Å²) in [5, 5.41) is 7.38. The molecule has 1 fully saturated rings. The van der Waals surface area contributed by atoms with Gasteiger partial charge in [0.25, 0.3) is 0 Å². The van der Waals surface area contributed by atoms with Crippen LogP contribution in [0.2, 0.25) is 5.02 Å². The van der Waals surface area contributed by atoms with E-state index in [-0.39, 0.29) is 0 Å². The van der Waals surface area contributed by atoms with Crippen LogP contribution in [0.15, 0.2) is 41.5 Å². The van der Waals surface area contributed by atoms with Crippen molar-refractivity contribution in [1.82, 2.24) is 15.6 Å². The number of aliphatic imine (C=N–C) groups is 1. The Kier molecular flexibility index (Phi) is 7.99. The molecule has 6 nitrogen and oxygen atoms in total. The number of nitrogens with zero attached hydrogens (tertiary/aromatic N) is 3. The minimum atomic E-state index is 0.589. The van der Waals surface area contributed by atoms with Crippen molar-refractivity contribution in [3.8, 4) is 5.75 Å². The molecule has 2 aromatic rings. The molecule has 1 aliphatic rings. The number of anilines is 1. The summed E-state index contributed by atoms with van der Waals surface area (Å²) < 4.78 is 5.20. The number of nitrogens with one attached hydrogen (secondary N) is 2. The van der Waals surface area contributed by atoms with E-state index >= 15 is 0 Å². The number of guanidine groups is 1. The fourth-order valence-electron chi connectivity index (χ4n) is 3.33. The zero-order valence-corrected chi connectivity index (χ0v) is 18.0. The van der Waals surface area contributed by atoms with Crippen molar-refractivity contribution in [3.63, 3.8) is 0 Å². The molecule has 29 heavy (non-hydrogen) atoms. The smallest absolute Gasteiger partial charge is 0.191 e. The first-order chi connectivity index (χ1) is 14.2. The van der Waals surface area contributed by atoms with Crippen LogP contribution in [0.25, 0.3) is 0 Å². The van der Waals surface area contributed by atoms with Crippen LogP contribution in [-0.2, 0) is 13.0 Å². The van der Waals surface area contributed by atoms with Crippen molar-refractivity contribution < 1.29 is 4.74 Å². The van der Waals surface area contributed by atoms with Gasteiger partial charge in [-0.15, -0.1) is 0 Å². The van der Waals surface area contributed by atoms with Crippen LogP contribution >= 0.6 is 11.6 Å². The Bertz CT molecular complexity index is 803. The summed E-state index contributed by atoms with van der Waals surface area (Å²) in [7, 11) is 1.64. The molecule has 2 N–H and O–H groups in total. The van der Waals surface area contributed by atoms with E-state index in [4.69, 9.17) is 16.3 Å². The number of halogens is 1. The van der Waals surface area contributed by atoms with Gasteiger partial charge < -0.3 is 20.3 Å². The number of aromatic nitrogens is 1. The van der Waals surface area contributed by atoms with Crippen molar-refractivity contribution in [2.75, 3.05) is 38.2 Å². The molecule has 1 aromatic heterocycles. The Morgan fingerprint density at radius 1 is 1.21 bits per heavy atom. The second-order valence-electron chi connectivity index (χ2n) is 7.05. The normalized spacial score (nSPS) is 14.2. The van der Waals surface area contributed by atoms with E-state index in [9.17, 15) is 0 Å². The Morgan fingerprint density at radius 3 is 2.69 bits per heavy atom. The standard InChI is InChI=1S/C22H30ClN5O/c1-3-24-22(25-11-10-18-7-8-19(29-2)14-20(18)23)27-16-17-6-9-21(26-15-17)28-12-4-5-13-28/h6-9,14-15H,3-5,10-13,16H2,1-2H3,(H2,24,25,27). The summed E-state index contributed by atoms with van der Waals surface area (Å²) in [4.78, 5) is 11.6. The number of ether oxygens (including phenoxy) is 1. The van der Waals surface area contributed by atoms with Gasteiger partial charge >= 0.3 is 0 Å². The van der Waals surface area contributed by atoms with Gasteiger partial charge in [-0.3, -0.25) is 0 Å². The first kappa shape index (κ1) is 21.2. The maximum atomic E-state index is 6.32. The predicted octanol–water partition coefficient (Wildman–Crippen LogP) is 3.64. The molecule has 0 unspecified atom stereocenters. The summed E-state index contributed by atoms with van der Waals surface area (Å²) in [6, 6.07) is 9.99. The van der Waals surface area contributed by atoms with Crippen LogP contribution in [0.1, 0.15) is 30.9 Å². The quantitative estimate of drug-likeness (QED) is 0.509. The first-order valence-electron chi connectivity index (χ1n) is 10.2. The van der Waals surface area contributed by atoms with E-state index in [1.54, 1.807) is 7.11 Å². The predicted molar refractivity (Wildman–Crippen MR) is 120 cm³/mol. The van der Waals surface area contributed by atoms with Crippen molar-refractivity contribution in [2.24, 2.45) is 4.99 Å². The van der Waals surface area contributed by atoms with Crippen molar-refractivity contribution in [3.05, 3.63) is 52.7 Å². The molecule has 1 saturated heterocycles. The molecule has 7 heteroatoms. The number of hydrogen-bond acceptors (Lipinski definition) is 4. The van der Waals surface area contributed by atoms with Gasteiger partial charge in [-0.25, -0.2) is 9.98 Å². The fourth-order valence-corrected chi connectivity index (χ4v) is 3.59. The van der Waals surface area contributed by atoms with Crippen LogP contribution < -0.4 is 20.3 Å². The van der Waals surface area contributed by atoms with E-state index in [1.165, 1.54) is 12.8 Å². The summed E-state index contributed by atoms with van der Waals surface area (Å²) in [6.07, 6.45) is 5.25.